The topological polar surface area (TPSA) is 44.7 Å². The lowest BCUT2D eigenvalue weighted by Gasteiger charge is -2.25. The molecule has 6 heteroatoms. The zero-order chi connectivity index (χ0) is 14.4. The summed E-state index contributed by atoms with van der Waals surface area (Å²) in [5.74, 6) is -0.0942. The molecule has 1 amide bonds. The molecular formula is C14H17Cl2N3O. The lowest BCUT2D eigenvalue weighted by molar-refractivity contribution is -0.122. The number of likely N-dealkylation sites (tertiary alicyclic amines) is 1. The number of halogens is 2. The van der Waals surface area contributed by atoms with Crippen molar-refractivity contribution in [2.75, 3.05) is 19.6 Å². The third-order valence-corrected chi connectivity index (χ3v) is 3.90. The summed E-state index contributed by atoms with van der Waals surface area (Å²) in [5.41, 5.74) is 3.31. The summed E-state index contributed by atoms with van der Waals surface area (Å²) >= 11 is 11.7. The molecule has 1 N–H and O–H groups in total. The van der Waals surface area contributed by atoms with Crippen LogP contribution in [0.15, 0.2) is 23.3 Å². The van der Waals surface area contributed by atoms with Gasteiger partial charge < -0.3 is 0 Å². The van der Waals surface area contributed by atoms with Gasteiger partial charge in [-0.05, 0) is 43.6 Å². The molecule has 0 aliphatic carbocycles. The van der Waals surface area contributed by atoms with Crippen molar-refractivity contribution in [1.29, 1.82) is 0 Å². The SMILES string of the molecule is O=C(CN1CCCCC1)N/N=C\c1ccc(Cl)c(Cl)c1. The van der Waals surface area contributed by atoms with Crippen molar-refractivity contribution in [1.82, 2.24) is 10.3 Å². The number of amides is 1. The summed E-state index contributed by atoms with van der Waals surface area (Å²) in [4.78, 5) is 13.9. The highest BCUT2D eigenvalue weighted by Gasteiger charge is 2.12. The van der Waals surface area contributed by atoms with E-state index in [0.717, 1.165) is 18.7 Å². The molecule has 20 heavy (non-hydrogen) atoms. The lowest BCUT2D eigenvalue weighted by Crippen LogP contribution is -2.38. The van der Waals surface area contributed by atoms with Crippen LogP contribution < -0.4 is 5.43 Å². The summed E-state index contributed by atoms with van der Waals surface area (Å²) in [7, 11) is 0. The molecule has 1 aromatic rings. The van der Waals surface area contributed by atoms with Crippen LogP contribution in [0.25, 0.3) is 0 Å². The average Bonchev–Trinajstić information content (AvgIpc) is 2.44. The van der Waals surface area contributed by atoms with Gasteiger partial charge in [-0.3, -0.25) is 9.69 Å². The van der Waals surface area contributed by atoms with Crippen LogP contribution in [0.4, 0.5) is 0 Å². The molecule has 0 aromatic heterocycles. The summed E-state index contributed by atoms with van der Waals surface area (Å²) < 4.78 is 0. The van der Waals surface area contributed by atoms with Crippen LogP contribution in [-0.2, 0) is 4.79 Å². The van der Waals surface area contributed by atoms with Crippen LogP contribution in [0.3, 0.4) is 0 Å². The monoisotopic (exact) mass is 313 g/mol. The molecule has 0 saturated carbocycles. The highest BCUT2D eigenvalue weighted by Crippen LogP contribution is 2.21. The van der Waals surface area contributed by atoms with Gasteiger partial charge in [0.2, 0.25) is 0 Å². The predicted molar refractivity (Wildman–Crippen MR) is 82.5 cm³/mol. The third-order valence-electron chi connectivity index (χ3n) is 3.16. The lowest BCUT2D eigenvalue weighted by atomic mass is 10.1. The second-order valence-corrected chi connectivity index (χ2v) is 5.62. The van der Waals surface area contributed by atoms with Gasteiger partial charge in [0.25, 0.3) is 5.91 Å². The Bertz CT molecular complexity index is 499. The van der Waals surface area contributed by atoms with E-state index >= 15 is 0 Å². The van der Waals surface area contributed by atoms with Crippen LogP contribution in [0.5, 0.6) is 0 Å². The maximum Gasteiger partial charge on any atom is 0.254 e. The largest absolute Gasteiger partial charge is 0.294 e. The van der Waals surface area contributed by atoms with Crippen molar-refractivity contribution in [2.24, 2.45) is 5.10 Å². The summed E-state index contributed by atoms with van der Waals surface area (Å²) in [6.07, 6.45) is 5.14. The van der Waals surface area contributed by atoms with Crippen molar-refractivity contribution < 1.29 is 4.79 Å². The van der Waals surface area contributed by atoms with Crippen molar-refractivity contribution in [3.8, 4) is 0 Å². The Morgan fingerprint density at radius 2 is 2.00 bits per heavy atom. The Morgan fingerprint density at radius 1 is 1.25 bits per heavy atom. The van der Waals surface area contributed by atoms with Gasteiger partial charge in [-0.2, -0.15) is 5.10 Å². The minimum absolute atomic E-state index is 0.0942. The molecule has 1 aliphatic rings. The molecular weight excluding hydrogens is 297 g/mol. The highest BCUT2D eigenvalue weighted by atomic mass is 35.5. The smallest absolute Gasteiger partial charge is 0.254 e. The molecule has 0 radical (unpaired) electrons. The van der Waals surface area contributed by atoms with Crippen molar-refractivity contribution in [3.63, 3.8) is 0 Å². The molecule has 108 valence electrons. The zero-order valence-corrected chi connectivity index (χ0v) is 12.6. The third kappa shape index (κ3) is 4.78. The van der Waals surface area contributed by atoms with E-state index in [1.807, 2.05) is 0 Å². The molecule has 1 aliphatic heterocycles. The van der Waals surface area contributed by atoms with Gasteiger partial charge in [-0.25, -0.2) is 5.43 Å². The molecule has 0 spiro atoms. The number of hydrogen-bond acceptors (Lipinski definition) is 3. The molecule has 4 nitrogen and oxygen atoms in total. The molecule has 1 fully saturated rings. The summed E-state index contributed by atoms with van der Waals surface area (Å²) in [6.45, 7) is 2.38. The average molecular weight is 314 g/mol. The van der Waals surface area contributed by atoms with Gasteiger partial charge in [0, 0.05) is 0 Å². The van der Waals surface area contributed by atoms with E-state index in [9.17, 15) is 4.79 Å². The Kier molecular flexibility index (Phi) is 5.83. The van der Waals surface area contributed by atoms with Gasteiger partial charge in [-0.1, -0.05) is 35.7 Å². The first-order valence-corrected chi connectivity index (χ1v) is 7.40. The fourth-order valence-electron chi connectivity index (χ4n) is 2.13. The van der Waals surface area contributed by atoms with Crippen LogP contribution in [0.2, 0.25) is 10.0 Å². The standard InChI is InChI=1S/C14H17Cl2N3O/c15-12-5-4-11(8-13(12)16)9-17-18-14(20)10-19-6-2-1-3-7-19/h4-5,8-9H,1-3,6-7,10H2,(H,18,20)/b17-9-. The van der Waals surface area contributed by atoms with Gasteiger partial charge >= 0.3 is 0 Å². The molecule has 1 aromatic carbocycles. The number of carbonyl (C=O) groups excluding carboxylic acids is 1. The van der Waals surface area contributed by atoms with Gasteiger partial charge in [0.15, 0.2) is 0 Å². The summed E-state index contributed by atoms with van der Waals surface area (Å²) in [5, 5.41) is 4.89. The van der Waals surface area contributed by atoms with E-state index in [1.54, 1.807) is 24.4 Å². The number of hydrogen-bond donors (Lipinski definition) is 1. The minimum atomic E-state index is -0.0942. The van der Waals surface area contributed by atoms with Gasteiger partial charge in [-0.15, -0.1) is 0 Å². The van der Waals surface area contributed by atoms with E-state index < -0.39 is 0 Å². The number of piperidine rings is 1. The fraction of sp³-hybridized carbons (Fsp3) is 0.429. The normalized spacial score (nSPS) is 16.5. The Hall–Kier alpha value is -1.10. The minimum Gasteiger partial charge on any atom is -0.294 e. The maximum atomic E-state index is 11.7. The van der Waals surface area contributed by atoms with Crippen LogP contribution in [0, 0.1) is 0 Å². The Labute approximate surface area is 128 Å². The first-order valence-electron chi connectivity index (χ1n) is 6.64. The predicted octanol–water partition coefficient (Wildman–Crippen LogP) is 2.93. The number of nitrogens with zero attached hydrogens (tertiary/aromatic N) is 2. The van der Waals surface area contributed by atoms with Crippen molar-refractivity contribution in [3.05, 3.63) is 33.8 Å². The number of carbonyl (C=O) groups is 1. The van der Waals surface area contributed by atoms with E-state index in [0.29, 0.717) is 16.6 Å². The van der Waals surface area contributed by atoms with Crippen LogP contribution in [0.1, 0.15) is 24.8 Å². The van der Waals surface area contributed by atoms with Crippen molar-refractivity contribution in [2.45, 2.75) is 19.3 Å². The first kappa shape index (κ1) is 15.3. The Balaban J connectivity index is 1.79. The number of hydrazone groups is 1. The number of rotatable bonds is 4. The second kappa shape index (κ2) is 7.62. The zero-order valence-electron chi connectivity index (χ0n) is 11.1. The fourth-order valence-corrected chi connectivity index (χ4v) is 2.43. The number of nitrogens with one attached hydrogen (secondary N) is 1. The molecule has 2 rings (SSSR count). The number of benzene rings is 1. The van der Waals surface area contributed by atoms with E-state index in [4.69, 9.17) is 23.2 Å². The van der Waals surface area contributed by atoms with Crippen molar-refractivity contribution >= 4 is 35.3 Å². The molecule has 0 atom stereocenters. The molecule has 1 heterocycles. The highest BCUT2D eigenvalue weighted by molar-refractivity contribution is 6.42. The van der Waals surface area contributed by atoms with E-state index in [-0.39, 0.29) is 5.91 Å². The first-order chi connectivity index (χ1) is 9.65. The van der Waals surface area contributed by atoms with Crippen LogP contribution >= 0.6 is 23.2 Å². The van der Waals surface area contributed by atoms with Crippen LogP contribution in [-0.4, -0.2) is 36.7 Å². The maximum absolute atomic E-state index is 11.7. The quantitative estimate of drug-likeness (QED) is 0.686. The molecule has 0 unspecified atom stereocenters. The summed E-state index contributed by atoms with van der Waals surface area (Å²) in [6, 6.07) is 5.18. The second-order valence-electron chi connectivity index (χ2n) is 4.80. The van der Waals surface area contributed by atoms with E-state index in [2.05, 4.69) is 15.4 Å². The molecule has 0 bridgehead atoms. The molecule has 1 saturated heterocycles. The Morgan fingerprint density at radius 3 is 2.70 bits per heavy atom. The van der Waals surface area contributed by atoms with Gasteiger partial charge in [0.1, 0.15) is 0 Å². The van der Waals surface area contributed by atoms with E-state index in [1.165, 1.54) is 19.3 Å². The van der Waals surface area contributed by atoms with Gasteiger partial charge in [0.05, 0.1) is 22.8 Å².